The number of carbonyl (C=O) groups excluding carboxylic acids is 1. The second-order valence-corrected chi connectivity index (χ2v) is 7.26. The second kappa shape index (κ2) is 8.45. The molecule has 0 fully saturated rings. The molecule has 2 heterocycles. The molecule has 0 N–H and O–H groups in total. The van der Waals surface area contributed by atoms with Crippen molar-refractivity contribution < 1.29 is 14.3 Å². The zero-order valence-electron chi connectivity index (χ0n) is 17.1. The molecule has 1 aliphatic heterocycles. The number of aromatic nitrogens is 1. The first-order valence-corrected chi connectivity index (χ1v) is 9.92. The van der Waals surface area contributed by atoms with Crippen LogP contribution in [0.15, 0.2) is 65.6 Å². The van der Waals surface area contributed by atoms with Gasteiger partial charge in [0, 0.05) is 24.5 Å². The highest BCUT2D eigenvalue weighted by molar-refractivity contribution is 6.06. The number of rotatable bonds is 5. The van der Waals surface area contributed by atoms with Crippen molar-refractivity contribution in [3.8, 4) is 11.5 Å². The molecule has 0 atom stereocenters. The lowest BCUT2D eigenvalue weighted by atomic mass is 10.0. The first-order valence-electron chi connectivity index (χ1n) is 9.92. The summed E-state index contributed by atoms with van der Waals surface area (Å²) in [5.41, 5.74) is 2.73. The van der Waals surface area contributed by atoms with E-state index in [2.05, 4.69) is 0 Å². The van der Waals surface area contributed by atoms with Crippen molar-refractivity contribution in [2.24, 2.45) is 0 Å². The van der Waals surface area contributed by atoms with Gasteiger partial charge in [0.15, 0.2) is 0 Å². The summed E-state index contributed by atoms with van der Waals surface area (Å²) in [6, 6.07) is 16.7. The van der Waals surface area contributed by atoms with Gasteiger partial charge in [0.05, 0.1) is 20.8 Å². The van der Waals surface area contributed by atoms with Gasteiger partial charge in [0.25, 0.3) is 11.5 Å². The van der Waals surface area contributed by atoms with Crippen LogP contribution in [0, 0.1) is 0 Å². The molecule has 0 bridgehead atoms. The van der Waals surface area contributed by atoms with Crippen LogP contribution < -0.4 is 19.9 Å². The quantitative estimate of drug-likeness (QED) is 0.653. The summed E-state index contributed by atoms with van der Waals surface area (Å²) in [5, 5.41) is 0. The maximum absolute atomic E-state index is 13.3. The maximum atomic E-state index is 13.3. The molecule has 0 unspecified atom stereocenters. The van der Waals surface area contributed by atoms with Crippen molar-refractivity contribution in [1.29, 1.82) is 0 Å². The van der Waals surface area contributed by atoms with Crippen LogP contribution in [0.1, 0.15) is 27.9 Å². The minimum absolute atomic E-state index is 0.170. The van der Waals surface area contributed by atoms with E-state index in [0.717, 1.165) is 29.7 Å². The number of aryl methyl sites for hydroxylation is 1. The number of pyridine rings is 1. The predicted molar refractivity (Wildman–Crippen MR) is 116 cm³/mol. The van der Waals surface area contributed by atoms with E-state index in [1.54, 1.807) is 43.5 Å². The van der Waals surface area contributed by atoms with Crippen molar-refractivity contribution in [1.82, 2.24) is 4.57 Å². The molecule has 0 saturated carbocycles. The SMILES string of the molecule is COc1cc(Cn2cccc(C(=O)N3CCCc4ccccc43)c2=O)cc(OC)c1. The van der Waals surface area contributed by atoms with Crippen molar-refractivity contribution in [2.75, 3.05) is 25.7 Å². The van der Waals surface area contributed by atoms with Crippen LogP contribution in [0.25, 0.3) is 0 Å². The van der Waals surface area contributed by atoms with Crippen LogP contribution in [0.5, 0.6) is 11.5 Å². The summed E-state index contributed by atoms with van der Waals surface area (Å²) in [5.74, 6) is 1.04. The van der Waals surface area contributed by atoms with Crippen molar-refractivity contribution in [3.05, 3.63) is 87.8 Å². The van der Waals surface area contributed by atoms with Gasteiger partial charge in [0.1, 0.15) is 17.1 Å². The van der Waals surface area contributed by atoms with Gasteiger partial charge >= 0.3 is 0 Å². The fourth-order valence-corrected chi connectivity index (χ4v) is 3.87. The minimum atomic E-state index is -0.313. The highest BCUT2D eigenvalue weighted by Gasteiger charge is 2.25. The topological polar surface area (TPSA) is 60.8 Å². The number of para-hydroxylation sites is 1. The first kappa shape index (κ1) is 19.8. The summed E-state index contributed by atoms with van der Waals surface area (Å²) in [6.45, 7) is 0.918. The molecule has 154 valence electrons. The molecule has 3 aromatic rings. The molecule has 2 aromatic carbocycles. The van der Waals surface area contributed by atoms with Gasteiger partial charge in [-0.05, 0) is 54.3 Å². The molecular weight excluding hydrogens is 380 g/mol. The molecule has 30 heavy (non-hydrogen) atoms. The lowest BCUT2D eigenvalue weighted by molar-refractivity contribution is 0.0983. The number of ether oxygens (including phenoxy) is 2. The molecular formula is C24H24N2O4. The van der Waals surface area contributed by atoms with Crippen molar-refractivity contribution in [2.45, 2.75) is 19.4 Å². The van der Waals surface area contributed by atoms with Gasteiger partial charge in [0.2, 0.25) is 0 Å². The van der Waals surface area contributed by atoms with Gasteiger partial charge in [-0.25, -0.2) is 0 Å². The Bertz CT molecular complexity index is 1110. The van der Waals surface area contributed by atoms with Crippen molar-refractivity contribution >= 4 is 11.6 Å². The summed E-state index contributed by atoms with van der Waals surface area (Å²) in [7, 11) is 3.17. The lowest BCUT2D eigenvalue weighted by Crippen LogP contribution is -2.39. The normalized spacial score (nSPS) is 12.9. The Balaban J connectivity index is 1.66. The molecule has 1 amide bonds. The van der Waals surface area contributed by atoms with Crippen LogP contribution in [0.2, 0.25) is 0 Å². The van der Waals surface area contributed by atoms with Crippen LogP contribution in [0.3, 0.4) is 0 Å². The van der Waals surface area contributed by atoms with Crippen LogP contribution >= 0.6 is 0 Å². The molecule has 4 rings (SSSR count). The Hall–Kier alpha value is -3.54. The Kier molecular flexibility index (Phi) is 5.57. The molecule has 6 nitrogen and oxygen atoms in total. The number of anilines is 1. The van der Waals surface area contributed by atoms with Crippen molar-refractivity contribution in [3.63, 3.8) is 0 Å². The highest BCUT2D eigenvalue weighted by Crippen LogP contribution is 2.28. The molecule has 0 aliphatic carbocycles. The van der Waals surface area contributed by atoms with E-state index in [9.17, 15) is 9.59 Å². The van der Waals surface area contributed by atoms with Crippen LogP contribution in [0.4, 0.5) is 5.69 Å². The Morgan fingerprint density at radius 2 is 1.73 bits per heavy atom. The largest absolute Gasteiger partial charge is 0.497 e. The fraction of sp³-hybridized carbons (Fsp3) is 0.250. The standard InChI is InChI=1S/C24H24N2O4/c1-29-19-13-17(14-20(15-19)30-2)16-25-11-6-9-21(23(25)27)24(28)26-12-5-8-18-7-3-4-10-22(18)26/h3-4,6-7,9-11,13-15H,5,8,12,16H2,1-2H3. The average molecular weight is 404 g/mol. The van der Waals surface area contributed by atoms with E-state index >= 15 is 0 Å². The third kappa shape index (κ3) is 3.81. The molecule has 0 radical (unpaired) electrons. The number of amides is 1. The van der Waals surface area contributed by atoms with Gasteiger partial charge in [-0.15, -0.1) is 0 Å². The smallest absolute Gasteiger partial charge is 0.263 e. The second-order valence-electron chi connectivity index (χ2n) is 7.26. The Morgan fingerprint density at radius 3 is 2.47 bits per heavy atom. The third-order valence-electron chi connectivity index (χ3n) is 5.37. The zero-order chi connectivity index (χ0) is 21.1. The van der Waals surface area contributed by atoms with Crippen LogP contribution in [-0.2, 0) is 13.0 Å². The van der Waals surface area contributed by atoms with Gasteiger partial charge in [-0.3, -0.25) is 9.59 Å². The molecule has 0 spiro atoms. The number of nitrogens with zero attached hydrogens (tertiary/aromatic N) is 2. The van der Waals surface area contributed by atoms with E-state index in [1.807, 2.05) is 36.4 Å². The van der Waals surface area contributed by atoms with E-state index in [1.165, 1.54) is 4.57 Å². The van der Waals surface area contributed by atoms with E-state index in [-0.39, 0.29) is 17.0 Å². The lowest BCUT2D eigenvalue weighted by Gasteiger charge is -2.29. The van der Waals surface area contributed by atoms with E-state index < -0.39 is 0 Å². The molecule has 0 saturated heterocycles. The van der Waals surface area contributed by atoms with Crippen LogP contribution in [-0.4, -0.2) is 31.2 Å². The summed E-state index contributed by atoms with van der Waals surface area (Å²) in [6.07, 6.45) is 3.51. The minimum Gasteiger partial charge on any atom is -0.497 e. The summed E-state index contributed by atoms with van der Waals surface area (Å²) >= 11 is 0. The number of carbonyl (C=O) groups is 1. The fourth-order valence-electron chi connectivity index (χ4n) is 3.87. The maximum Gasteiger partial charge on any atom is 0.263 e. The molecule has 1 aromatic heterocycles. The Morgan fingerprint density at radius 1 is 1.00 bits per heavy atom. The number of methoxy groups -OCH3 is 2. The molecule has 1 aliphatic rings. The first-order chi connectivity index (χ1) is 14.6. The summed E-state index contributed by atoms with van der Waals surface area (Å²) < 4.78 is 12.2. The van der Waals surface area contributed by atoms with Gasteiger partial charge < -0.3 is 18.9 Å². The molecule has 6 heteroatoms. The predicted octanol–water partition coefficient (Wildman–Crippen LogP) is 3.51. The monoisotopic (exact) mass is 404 g/mol. The van der Waals surface area contributed by atoms with Gasteiger partial charge in [-0.1, -0.05) is 18.2 Å². The van der Waals surface area contributed by atoms with Gasteiger partial charge in [-0.2, -0.15) is 0 Å². The third-order valence-corrected chi connectivity index (χ3v) is 5.37. The summed E-state index contributed by atoms with van der Waals surface area (Å²) in [4.78, 5) is 28.1. The average Bonchev–Trinajstić information content (AvgIpc) is 2.79. The Labute approximate surface area is 175 Å². The number of benzene rings is 2. The highest BCUT2D eigenvalue weighted by atomic mass is 16.5. The number of hydrogen-bond donors (Lipinski definition) is 0. The number of hydrogen-bond acceptors (Lipinski definition) is 4. The number of fused-ring (bicyclic) bond motifs is 1. The van der Waals surface area contributed by atoms with E-state index in [0.29, 0.717) is 24.6 Å². The zero-order valence-corrected chi connectivity index (χ0v) is 17.1. The van der Waals surface area contributed by atoms with E-state index in [4.69, 9.17) is 9.47 Å².